The number of piperidine rings is 1. The summed E-state index contributed by atoms with van der Waals surface area (Å²) in [5, 5.41) is 9.63. The van der Waals surface area contributed by atoms with Gasteiger partial charge in [-0.2, -0.15) is 0 Å². The van der Waals surface area contributed by atoms with E-state index < -0.39 is 0 Å². The SMILES string of the molecule is N[C@@H]1CCCC12CCN(c1nc(Cl)c(-c3cccc(Cl)c3Cl)c3nncn13)CC2. The highest BCUT2D eigenvalue weighted by atomic mass is 35.5. The van der Waals surface area contributed by atoms with Gasteiger partial charge in [0.1, 0.15) is 11.5 Å². The molecular formula is C20H21Cl3N6. The van der Waals surface area contributed by atoms with Crippen LogP contribution in [0.3, 0.4) is 0 Å². The minimum atomic E-state index is 0.279. The number of nitrogens with two attached hydrogens (primary N) is 1. The van der Waals surface area contributed by atoms with Crippen molar-refractivity contribution in [3.63, 3.8) is 0 Å². The minimum Gasteiger partial charge on any atom is -0.342 e. The van der Waals surface area contributed by atoms with E-state index in [1.807, 2.05) is 16.5 Å². The molecule has 6 nitrogen and oxygen atoms in total. The molecule has 1 saturated carbocycles. The van der Waals surface area contributed by atoms with Crippen molar-refractivity contribution < 1.29 is 0 Å². The lowest BCUT2D eigenvalue weighted by molar-refractivity contribution is 0.197. The zero-order chi connectivity index (χ0) is 20.2. The molecule has 3 aromatic rings. The number of nitrogens with zero attached hydrogens (tertiary/aromatic N) is 5. The zero-order valence-electron chi connectivity index (χ0n) is 15.8. The van der Waals surface area contributed by atoms with Crippen molar-refractivity contribution in [1.82, 2.24) is 19.6 Å². The maximum absolute atomic E-state index is 6.65. The average Bonchev–Trinajstić information content (AvgIpc) is 3.33. The second kappa shape index (κ2) is 7.27. The first-order chi connectivity index (χ1) is 14.0. The van der Waals surface area contributed by atoms with Crippen LogP contribution in [-0.2, 0) is 0 Å². The van der Waals surface area contributed by atoms with Crippen molar-refractivity contribution in [2.75, 3.05) is 18.0 Å². The van der Waals surface area contributed by atoms with Gasteiger partial charge in [0, 0.05) is 24.7 Å². The van der Waals surface area contributed by atoms with Crippen LogP contribution in [0.1, 0.15) is 32.1 Å². The molecule has 1 aliphatic carbocycles. The number of hydrogen-bond donors (Lipinski definition) is 1. The van der Waals surface area contributed by atoms with Gasteiger partial charge in [-0.15, -0.1) is 10.2 Å². The Kier molecular flexibility index (Phi) is 4.86. The molecule has 29 heavy (non-hydrogen) atoms. The van der Waals surface area contributed by atoms with Gasteiger partial charge in [-0.1, -0.05) is 53.4 Å². The smallest absolute Gasteiger partial charge is 0.214 e. The monoisotopic (exact) mass is 450 g/mol. The Morgan fingerprint density at radius 1 is 1.10 bits per heavy atom. The molecule has 2 fully saturated rings. The van der Waals surface area contributed by atoms with Gasteiger partial charge in [0.05, 0.1) is 15.6 Å². The second-order valence-corrected chi connectivity index (χ2v) is 9.19. The summed E-state index contributed by atoms with van der Waals surface area (Å²) in [6.07, 6.45) is 7.40. The van der Waals surface area contributed by atoms with Crippen LogP contribution in [0.25, 0.3) is 16.8 Å². The summed E-state index contributed by atoms with van der Waals surface area (Å²) in [4.78, 5) is 6.97. The number of fused-ring (bicyclic) bond motifs is 1. The van der Waals surface area contributed by atoms with E-state index in [2.05, 4.69) is 15.1 Å². The summed E-state index contributed by atoms with van der Waals surface area (Å²) in [5.41, 5.74) is 8.65. The van der Waals surface area contributed by atoms with Gasteiger partial charge < -0.3 is 10.6 Å². The van der Waals surface area contributed by atoms with E-state index in [1.54, 1.807) is 12.4 Å². The first-order valence-electron chi connectivity index (χ1n) is 9.84. The number of hydrogen-bond acceptors (Lipinski definition) is 5. The highest BCUT2D eigenvalue weighted by molar-refractivity contribution is 6.44. The second-order valence-electron chi connectivity index (χ2n) is 8.05. The van der Waals surface area contributed by atoms with Gasteiger partial charge in [-0.05, 0) is 37.2 Å². The van der Waals surface area contributed by atoms with E-state index in [0.29, 0.717) is 38.0 Å². The molecule has 3 heterocycles. The molecule has 0 bridgehead atoms. The topological polar surface area (TPSA) is 72.3 Å². The Labute approximate surface area is 184 Å². The Balaban J connectivity index is 1.54. The van der Waals surface area contributed by atoms with Gasteiger partial charge in [-0.25, -0.2) is 4.98 Å². The van der Waals surface area contributed by atoms with Gasteiger partial charge in [0.25, 0.3) is 0 Å². The molecule has 9 heteroatoms. The van der Waals surface area contributed by atoms with Gasteiger partial charge in [-0.3, -0.25) is 4.40 Å². The number of benzene rings is 1. The molecule has 2 aromatic heterocycles. The maximum atomic E-state index is 6.65. The van der Waals surface area contributed by atoms with Crippen LogP contribution in [0.2, 0.25) is 15.2 Å². The van der Waals surface area contributed by atoms with Crippen LogP contribution in [0, 0.1) is 5.41 Å². The number of aromatic nitrogens is 4. The van der Waals surface area contributed by atoms with Crippen molar-refractivity contribution in [2.24, 2.45) is 11.1 Å². The van der Waals surface area contributed by atoms with E-state index in [1.165, 1.54) is 12.8 Å². The molecule has 2 aliphatic rings. The molecule has 0 amide bonds. The summed E-state index contributed by atoms with van der Waals surface area (Å²) in [5.74, 6) is 0.748. The quantitative estimate of drug-likeness (QED) is 0.564. The van der Waals surface area contributed by atoms with E-state index in [0.717, 1.165) is 38.3 Å². The summed E-state index contributed by atoms with van der Waals surface area (Å²) in [6, 6.07) is 5.73. The van der Waals surface area contributed by atoms with Crippen LogP contribution in [-0.4, -0.2) is 38.7 Å². The third-order valence-corrected chi connectivity index (χ3v) is 7.72. The molecule has 2 N–H and O–H groups in total. The molecular weight excluding hydrogens is 431 g/mol. The Bertz CT molecular complexity index is 1070. The van der Waals surface area contributed by atoms with Crippen LogP contribution in [0.5, 0.6) is 0 Å². The van der Waals surface area contributed by atoms with E-state index in [-0.39, 0.29) is 5.41 Å². The lowest BCUT2D eigenvalue weighted by Gasteiger charge is -2.42. The number of rotatable bonds is 2. The van der Waals surface area contributed by atoms with Crippen LogP contribution in [0.15, 0.2) is 24.5 Å². The summed E-state index contributed by atoms with van der Waals surface area (Å²) in [6.45, 7) is 1.78. The number of halogens is 3. The third-order valence-electron chi connectivity index (χ3n) is 6.63. The predicted molar refractivity (Wildman–Crippen MR) is 117 cm³/mol. The molecule has 1 aliphatic heterocycles. The fourth-order valence-corrected chi connectivity index (χ4v) is 5.59. The standard InChI is InChI=1S/C20H21Cl3N6/c21-13-4-1-3-12(16(13)22)15-17(23)26-19(29-11-25-27-18(15)29)28-9-7-20(8-10-28)6-2-5-14(20)24/h1,3-4,11,14H,2,5-10,24H2/t14-/m1/s1. The molecule has 1 atom stereocenters. The molecule has 0 unspecified atom stereocenters. The Morgan fingerprint density at radius 2 is 1.90 bits per heavy atom. The lowest BCUT2D eigenvalue weighted by Crippen LogP contribution is -2.47. The molecule has 1 saturated heterocycles. The van der Waals surface area contributed by atoms with Gasteiger partial charge >= 0.3 is 0 Å². The van der Waals surface area contributed by atoms with Crippen molar-refractivity contribution in [3.8, 4) is 11.1 Å². The first-order valence-corrected chi connectivity index (χ1v) is 11.0. The fourth-order valence-electron chi connectivity index (χ4n) is 4.93. The molecule has 1 aromatic carbocycles. The number of anilines is 1. The molecule has 1 spiro atoms. The Morgan fingerprint density at radius 3 is 2.62 bits per heavy atom. The predicted octanol–water partition coefficient (Wildman–Crippen LogP) is 4.85. The maximum Gasteiger partial charge on any atom is 0.214 e. The van der Waals surface area contributed by atoms with Crippen LogP contribution < -0.4 is 10.6 Å². The summed E-state index contributed by atoms with van der Waals surface area (Å²) in [7, 11) is 0. The van der Waals surface area contributed by atoms with E-state index >= 15 is 0 Å². The molecule has 0 radical (unpaired) electrons. The van der Waals surface area contributed by atoms with Gasteiger partial charge in [0.2, 0.25) is 5.95 Å². The van der Waals surface area contributed by atoms with Crippen molar-refractivity contribution in [1.29, 1.82) is 0 Å². The third kappa shape index (κ3) is 3.08. The van der Waals surface area contributed by atoms with Crippen LogP contribution in [0.4, 0.5) is 5.95 Å². The van der Waals surface area contributed by atoms with Crippen molar-refractivity contribution >= 4 is 46.4 Å². The van der Waals surface area contributed by atoms with Crippen molar-refractivity contribution in [3.05, 3.63) is 39.7 Å². The van der Waals surface area contributed by atoms with Gasteiger partial charge in [0.15, 0.2) is 5.65 Å². The highest BCUT2D eigenvalue weighted by Crippen LogP contribution is 2.46. The summed E-state index contributed by atoms with van der Waals surface area (Å²) >= 11 is 19.3. The largest absolute Gasteiger partial charge is 0.342 e. The first kappa shape index (κ1) is 19.4. The lowest BCUT2D eigenvalue weighted by atomic mass is 9.74. The van der Waals surface area contributed by atoms with E-state index in [9.17, 15) is 0 Å². The highest BCUT2D eigenvalue weighted by Gasteiger charge is 2.43. The summed E-state index contributed by atoms with van der Waals surface area (Å²) < 4.78 is 1.88. The Hall–Kier alpha value is -1.60. The average molecular weight is 452 g/mol. The molecule has 5 rings (SSSR count). The van der Waals surface area contributed by atoms with Crippen LogP contribution >= 0.6 is 34.8 Å². The minimum absolute atomic E-state index is 0.279. The fraction of sp³-hybridized carbons (Fsp3) is 0.450. The van der Waals surface area contributed by atoms with E-state index in [4.69, 9.17) is 45.5 Å². The van der Waals surface area contributed by atoms with Crippen molar-refractivity contribution in [2.45, 2.75) is 38.1 Å². The zero-order valence-corrected chi connectivity index (χ0v) is 18.1. The molecule has 152 valence electrons. The normalized spacial score (nSPS) is 21.4.